The third-order valence-corrected chi connectivity index (χ3v) is 5.23. The molecule has 28 heavy (non-hydrogen) atoms. The molecule has 1 aliphatic carbocycles. The molecule has 3 rings (SSSR count). The first kappa shape index (κ1) is 20.1. The molecule has 150 valence electrons. The maximum Gasteiger partial charge on any atom is 0.418 e. The Morgan fingerprint density at radius 2 is 2.00 bits per heavy atom. The van der Waals surface area contributed by atoms with Gasteiger partial charge in [-0.15, -0.1) is 0 Å². The fourth-order valence-corrected chi connectivity index (χ4v) is 3.94. The minimum atomic E-state index is -1.60. The van der Waals surface area contributed by atoms with E-state index in [2.05, 4.69) is 12.2 Å². The third kappa shape index (κ3) is 4.62. The summed E-state index contributed by atoms with van der Waals surface area (Å²) in [7, 11) is 0. The number of benzene rings is 2. The van der Waals surface area contributed by atoms with E-state index in [0.29, 0.717) is 12.3 Å². The molecule has 6 nitrogen and oxygen atoms in total. The topological polar surface area (TPSA) is 84.9 Å². The van der Waals surface area contributed by atoms with Gasteiger partial charge >= 0.3 is 11.9 Å². The van der Waals surface area contributed by atoms with Crippen molar-refractivity contribution in [1.29, 1.82) is 0 Å². The summed E-state index contributed by atoms with van der Waals surface area (Å²) in [6.07, 6.45) is 3.28. The van der Waals surface area contributed by atoms with Crippen molar-refractivity contribution in [3.05, 3.63) is 42.5 Å². The van der Waals surface area contributed by atoms with Crippen molar-refractivity contribution in [2.75, 3.05) is 0 Å². The van der Waals surface area contributed by atoms with Gasteiger partial charge in [0.05, 0.1) is 0 Å². The lowest BCUT2D eigenvalue weighted by Gasteiger charge is -2.42. The lowest BCUT2D eigenvalue weighted by molar-refractivity contribution is -0.172. The van der Waals surface area contributed by atoms with E-state index < -0.39 is 23.9 Å². The van der Waals surface area contributed by atoms with Crippen LogP contribution in [0.3, 0.4) is 0 Å². The Bertz CT molecular complexity index is 846. The Kier molecular flexibility index (Phi) is 6.19. The van der Waals surface area contributed by atoms with Gasteiger partial charge in [0.15, 0.2) is 12.0 Å². The van der Waals surface area contributed by atoms with Crippen LogP contribution in [0.2, 0.25) is 0 Å². The van der Waals surface area contributed by atoms with Gasteiger partial charge in [-0.2, -0.15) is 0 Å². The highest BCUT2D eigenvalue weighted by Gasteiger charge is 2.40. The maximum atomic E-state index is 11.6. The zero-order valence-electron chi connectivity index (χ0n) is 16.3. The normalized spacial score (nSPS) is 23.1. The van der Waals surface area contributed by atoms with Crippen LogP contribution in [0.1, 0.15) is 46.0 Å². The van der Waals surface area contributed by atoms with Crippen LogP contribution in [0.4, 0.5) is 0 Å². The minimum Gasteiger partial charge on any atom is -0.473 e. The fraction of sp³-hybridized carbons (Fsp3) is 0.455. The number of hydrogen-bond acceptors (Lipinski definition) is 5. The number of esters is 1. The lowest BCUT2D eigenvalue weighted by atomic mass is 9.83. The number of fused-ring (bicyclic) bond motifs is 1. The van der Waals surface area contributed by atoms with Crippen molar-refractivity contribution >= 4 is 22.7 Å². The molecule has 0 radical (unpaired) electrons. The van der Waals surface area contributed by atoms with Gasteiger partial charge in [-0.1, -0.05) is 56.7 Å². The summed E-state index contributed by atoms with van der Waals surface area (Å²) in [5.41, 5.74) is -0.721. The summed E-state index contributed by atoms with van der Waals surface area (Å²) < 4.78 is 11.7. The zero-order chi connectivity index (χ0) is 20.1. The number of carbonyl (C=O) groups is 2. The van der Waals surface area contributed by atoms with Gasteiger partial charge in [-0.3, -0.25) is 0 Å². The molecule has 2 aromatic carbocycles. The predicted octanol–water partition coefficient (Wildman–Crippen LogP) is 4.08. The Morgan fingerprint density at radius 3 is 2.71 bits per heavy atom. The maximum absolute atomic E-state index is 11.6. The van der Waals surface area contributed by atoms with E-state index in [1.54, 1.807) is 0 Å². The highest BCUT2D eigenvalue weighted by atomic mass is 16.6. The fourth-order valence-electron chi connectivity index (χ4n) is 3.94. The number of rotatable bonds is 6. The second-order valence-corrected chi connectivity index (χ2v) is 7.53. The molecule has 2 N–H and O–H groups in total. The highest BCUT2D eigenvalue weighted by Crippen LogP contribution is 2.37. The molecule has 0 spiro atoms. The number of carbonyl (C=O) groups excluding carboxylic acids is 1. The Morgan fingerprint density at radius 1 is 1.25 bits per heavy atom. The summed E-state index contributed by atoms with van der Waals surface area (Å²) in [6, 6.07) is 14.0. The van der Waals surface area contributed by atoms with Gasteiger partial charge < -0.3 is 14.6 Å². The van der Waals surface area contributed by atoms with E-state index in [-0.39, 0.29) is 0 Å². The minimum absolute atomic E-state index is 0.434. The number of carboxylic acids is 1. The van der Waals surface area contributed by atoms with Crippen molar-refractivity contribution < 1.29 is 24.2 Å². The molecule has 0 aliphatic heterocycles. The molecular formula is C22H27NO5. The van der Waals surface area contributed by atoms with E-state index in [0.717, 1.165) is 42.2 Å². The summed E-state index contributed by atoms with van der Waals surface area (Å²) in [5.74, 6) is -1.66. The largest absolute Gasteiger partial charge is 0.473 e. The summed E-state index contributed by atoms with van der Waals surface area (Å²) in [5, 5.41) is 14.3. The molecule has 0 heterocycles. The molecule has 1 fully saturated rings. The van der Waals surface area contributed by atoms with Crippen LogP contribution in [-0.4, -0.2) is 29.0 Å². The number of ether oxygens (including phenoxy) is 2. The van der Waals surface area contributed by atoms with Crippen LogP contribution in [0.5, 0.6) is 5.75 Å². The average molecular weight is 385 g/mol. The van der Waals surface area contributed by atoms with Crippen molar-refractivity contribution in [2.45, 2.75) is 57.9 Å². The standard InChI is InChI=1S/C22H27NO5/c1-3-19(27-21(26)20(24)25)23-22(13-7-8-15(2)14-22)28-18-12-6-10-16-9-4-5-11-17(16)18/h4-6,9-12,15,19,23H,3,7-8,13-14H2,1-2H3,(H,24,25). The average Bonchev–Trinajstić information content (AvgIpc) is 2.67. The van der Waals surface area contributed by atoms with Gasteiger partial charge in [0.2, 0.25) is 0 Å². The van der Waals surface area contributed by atoms with Crippen LogP contribution >= 0.6 is 0 Å². The summed E-state index contributed by atoms with van der Waals surface area (Å²) in [4.78, 5) is 22.4. The first-order valence-electron chi connectivity index (χ1n) is 9.81. The summed E-state index contributed by atoms with van der Waals surface area (Å²) >= 11 is 0. The van der Waals surface area contributed by atoms with Crippen molar-refractivity contribution in [3.8, 4) is 5.75 Å². The van der Waals surface area contributed by atoms with Gasteiger partial charge in [0.25, 0.3) is 0 Å². The first-order valence-corrected chi connectivity index (χ1v) is 9.81. The quantitative estimate of drug-likeness (QED) is 0.443. The third-order valence-electron chi connectivity index (χ3n) is 5.23. The molecule has 2 aromatic rings. The molecule has 0 aromatic heterocycles. The second-order valence-electron chi connectivity index (χ2n) is 7.53. The molecule has 1 saturated carbocycles. The van der Waals surface area contributed by atoms with Gasteiger partial charge in [-0.25, -0.2) is 14.9 Å². The van der Waals surface area contributed by atoms with Crippen LogP contribution < -0.4 is 10.1 Å². The molecular weight excluding hydrogens is 358 g/mol. The Labute approximate surface area is 164 Å². The number of aliphatic carboxylic acids is 1. The van der Waals surface area contributed by atoms with Crippen molar-refractivity contribution in [1.82, 2.24) is 5.32 Å². The lowest BCUT2D eigenvalue weighted by Crippen LogP contribution is -2.58. The van der Waals surface area contributed by atoms with Crippen LogP contribution in [-0.2, 0) is 14.3 Å². The smallest absolute Gasteiger partial charge is 0.418 e. The molecule has 1 aliphatic rings. The SMILES string of the molecule is CCC(NC1(Oc2cccc3ccccc23)CCCC(C)C1)OC(=O)C(=O)O. The highest BCUT2D eigenvalue weighted by molar-refractivity contribution is 6.28. The van der Waals surface area contributed by atoms with E-state index in [1.807, 2.05) is 49.4 Å². The number of nitrogens with one attached hydrogen (secondary N) is 1. The second kappa shape index (κ2) is 8.61. The van der Waals surface area contributed by atoms with Gasteiger partial charge in [0, 0.05) is 18.2 Å². The van der Waals surface area contributed by atoms with Crippen LogP contribution in [0.25, 0.3) is 10.8 Å². The van der Waals surface area contributed by atoms with E-state index in [9.17, 15) is 9.59 Å². The Balaban J connectivity index is 1.89. The van der Waals surface area contributed by atoms with Gasteiger partial charge in [0.1, 0.15) is 5.75 Å². The monoisotopic (exact) mass is 385 g/mol. The molecule has 3 unspecified atom stereocenters. The first-order chi connectivity index (χ1) is 13.4. The Hall–Kier alpha value is -2.60. The van der Waals surface area contributed by atoms with E-state index >= 15 is 0 Å². The van der Waals surface area contributed by atoms with E-state index in [4.69, 9.17) is 14.6 Å². The van der Waals surface area contributed by atoms with E-state index in [1.165, 1.54) is 0 Å². The van der Waals surface area contributed by atoms with Crippen molar-refractivity contribution in [3.63, 3.8) is 0 Å². The zero-order valence-corrected chi connectivity index (χ0v) is 16.3. The molecule has 0 saturated heterocycles. The molecule has 3 atom stereocenters. The molecule has 6 heteroatoms. The van der Waals surface area contributed by atoms with Gasteiger partial charge in [-0.05, 0) is 30.2 Å². The molecule has 0 amide bonds. The predicted molar refractivity (Wildman–Crippen MR) is 106 cm³/mol. The number of hydrogen-bond donors (Lipinski definition) is 2. The number of carboxylic acid groups (broad SMARTS) is 1. The van der Waals surface area contributed by atoms with Crippen molar-refractivity contribution in [2.24, 2.45) is 5.92 Å². The van der Waals surface area contributed by atoms with Crippen LogP contribution in [0.15, 0.2) is 42.5 Å². The molecule has 0 bridgehead atoms. The van der Waals surface area contributed by atoms with Crippen LogP contribution in [0, 0.1) is 5.92 Å². The summed E-state index contributed by atoms with van der Waals surface area (Å²) in [6.45, 7) is 4.01.